The van der Waals surface area contributed by atoms with E-state index in [2.05, 4.69) is 20.4 Å². The molecule has 4 heterocycles. The molecule has 6 aromatic rings. The van der Waals surface area contributed by atoms with E-state index in [1.54, 1.807) is 46.2 Å². The van der Waals surface area contributed by atoms with Crippen LogP contribution in [0.5, 0.6) is 0 Å². The van der Waals surface area contributed by atoms with Crippen molar-refractivity contribution in [3.63, 3.8) is 0 Å². The second kappa shape index (κ2) is 10.1. The van der Waals surface area contributed by atoms with Crippen molar-refractivity contribution in [1.29, 1.82) is 0 Å². The highest BCUT2D eigenvalue weighted by molar-refractivity contribution is 7.10. The zero-order chi connectivity index (χ0) is 26.9. The number of rotatable bonds is 6. The highest BCUT2D eigenvalue weighted by Crippen LogP contribution is 2.23. The Balaban J connectivity index is 1.47. The van der Waals surface area contributed by atoms with Crippen LogP contribution in [0.1, 0.15) is 45.3 Å². The van der Waals surface area contributed by atoms with Crippen LogP contribution in [-0.4, -0.2) is 35.0 Å². The Morgan fingerprint density at radius 2 is 1.92 bits per heavy atom. The number of amides is 1. The van der Waals surface area contributed by atoms with Crippen LogP contribution in [0.2, 0.25) is 0 Å². The first-order valence-electron chi connectivity index (χ1n) is 12.3. The Hall–Kier alpha value is -4.96. The molecule has 2 aromatic carbocycles. The summed E-state index contributed by atoms with van der Waals surface area (Å²) in [7, 11) is 0. The van der Waals surface area contributed by atoms with E-state index in [9.17, 15) is 9.59 Å². The first-order valence-corrected chi connectivity index (χ1v) is 13.2. The molecule has 0 aliphatic carbocycles. The predicted octanol–water partition coefficient (Wildman–Crippen LogP) is 4.85. The fraction of sp³-hybridized carbons (Fsp3) is 0.103. The van der Waals surface area contributed by atoms with Gasteiger partial charge in [-0.25, -0.2) is 14.5 Å². The van der Waals surface area contributed by atoms with Gasteiger partial charge in [0.1, 0.15) is 11.4 Å². The maximum atomic E-state index is 14.1. The minimum atomic E-state index is -0.607. The molecule has 0 spiro atoms. The summed E-state index contributed by atoms with van der Waals surface area (Å²) in [5.41, 5.74) is 4.89. The summed E-state index contributed by atoms with van der Waals surface area (Å²) in [6.45, 7) is 3.58. The molecule has 4 aromatic heterocycles. The fourth-order valence-corrected chi connectivity index (χ4v) is 5.12. The largest absolute Gasteiger partial charge is 0.342 e. The summed E-state index contributed by atoms with van der Waals surface area (Å²) in [6, 6.07) is 16.0. The second-order valence-corrected chi connectivity index (χ2v) is 9.89. The number of carbonyl (C=O) groups excluding carboxylic acids is 1. The molecule has 0 aliphatic heterocycles. The van der Waals surface area contributed by atoms with E-state index in [-0.39, 0.29) is 11.5 Å². The second-order valence-electron chi connectivity index (χ2n) is 8.97. The molecule has 0 aliphatic rings. The van der Waals surface area contributed by atoms with Gasteiger partial charge in [0.05, 0.1) is 33.8 Å². The number of nitrogens with one attached hydrogen (secondary N) is 1. The number of aryl methyl sites for hydroxylation is 1. The van der Waals surface area contributed by atoms with Crippen LogP contribution < -0.4 is 10.9 Å². The highest BCUT2D eigenvalue weighted by Gasteiger charge is 2.24. The zero-order valence-electron chi connectivity index (χ0n) is 21.1. The number of nitrogens with zero attached hydrogens (tertiary/aromatic N) is 6. The molecule has 0 fully saturated rings. The van der Waals surface area contributed by atoms with Gasteiger partial charge >= 0.3 is 0 Å². The molecule has 6 rings (SSSR count). The number of hydrogen-bond acceptors (Lipinski definition) is 7. The van der Waals surface area contributed by atoms with E-state index < -0.39 is 6.04 Å². The third-order valence-electron chi connectivity index (χ3n) is 6.38. The Morgan fingerprint density at radius 3 is 2.72 bits per heavy atom. The van der Waals surface area contributed by atoms with Crippen LogP contribution in [0, 0.1) is 6.92 Å². The lowest BCUT2D eigenvalue weighted by molar-refractivity contribution is 0.0938. The van der Waals surface area contributed by atoms with Crippen LogP contribution in [0.3, 0.4) is 0 Å². The number of thiazole rings is 1. The maximum Gasteiger partial charge on any atom is 0.266 e. The van der Waals surface area contributed by atoms with Crippen LogP contribution >= 0.6 is 11.3 Å². The monoisotopic (exact) mass is 533 g/mol. The van der Waals surface area contributed by atoms with E-state index >= 15 is 0 Å². The van der Waals surface area contributed by atoms with E-state index in [0.717, 1.165) is 10.4 Å². The van der Waals surface area contributed by atoms with E-state index in [1.165, 1.54) is 11.3 Å². The first kappa shape index (κ1) is 24.4. The van der Waals surface area contributed by atoms with Gasteiger partial charge < -0.3 is 5.32 Å². The molecule has 0 saturated carbocycles. The third kappa shape index (κ3) is 4.51. The number of aromatic nitrogens is 6. The molecule has 0 saturated heterocycles. The molecule has 9 nitrogen and oxygen atoms in total. The van der Waals surface area contributed by atoms with Crippen LogP contribution in [0.4, 0.5) is 0 Å². The zero-order valence-corrected chi connectivity index (χ0v) is 22.0. The molecular formula is C29H23N7O2S. The van der Waals surface area contributed by atoms with Crippen LogP contribution in [-0.2, 0) is 0 Å². The van der Waals surface area contributed by atoms with E-state index in [4.69, 9.17) is 4.98 Å². The van der Waals surface area contributed by atoms with Crippen LogP contribution in [0.25, 0.3) is 34.4 Å². The molecule has 10 heteroatoms. The van der Waals surface area contributed by atoms with Crippen LogP contribution in [0.15, 0.2) is 83.5 Å². The third-order valence-corrected chi connectivity index (χ3v) is 7.12. The molecule has 1 atom stereocenters. The topological polar surface area (TPSA) is 107 Å². The van der Waals surface area contributed by atoms with Gasteiger partial charge in [-0.05, 0) is 49.8 Å². The number of fused-ring (bicyclic) bond motifs is 2. The number of para-hydroxylation sites is 1. The van der Waals surface area contributed by atoms with Crippen molar-refractivity contribution >= 4 is 45.9 Å². The van der Waals surface area contributed by atoms with Gasteiger partial charge in [0.2, 0.25) is 0 Å². The van der Waals surface area contributed by atoms with E-state index in [1.807, 2.05) is 67.6 Å². The summed E-state index contributed by atoms with van der Waals surface area (Å²) in [6.07, 6.45) is 8.97. The number of benzene rings is 2. The van der Waals surface area contributed by atoms with Gasteiger partial charge in [0, 0.05) is 23.5 Å². The molecule has 0 unspecified atom stereocenters. The Morgan fingerprint density at radius 1 is 1.08 bits per heavy atom. The van der Waals surface area contributed by atoms with Gasteiger partial charge in [0.25, 0.3) is 11.5 Å². The van der Waals surface area contributed by atoms with Gasteiger partial charge in [-0.15, -0.1) is 11.3 Å². The smallest absolute Gasteiger partial charge is 0.266 e. The summed E-state index contributed by atoms with van der Waals surface area (Å²) in [5.74, 6) is 0.0709. The average Bonchev–Trinajstić information content (AvgIpc) is 3.59. The number of carbonyl (C=O) groups is 1. The van der Waals surface area contributed by atoms with Gasteiger partial charge in [0.15, 0.2) is 5.65 Å². The lowest BCUT2D eigenvalue weighted by Gasteiger charge is -2.20. The summed E-state index contributed by atoms with van der Waals surface area (Å²) >= 11 is 1.52. The standard InChI is InChI=1S/C29H23N7O2S/c1-18-24(27-31-14-7-15-35(27)34-18)28(37)32-19(2)26-33-23-11-6-8-20(12-13-22-16-30-17-39-22)25(23)29(38)36(26)21-9-4-3-5-10-21/h3-17,19H,1-2H3,(H,32,37)/b13-12+/t19-/m1/s1. The quantitative estimate of drug-likeness (QED) is 0.328. The van der Waals surface area contributed by atoms with Gasteiger partial charge in [-0.2, -0.15) is 5.10 Å². The van der Waals surface area contributed by atoms with Crippen molar-refractivity contribution in [1.82, 2.24) is 34.4 Å². The van der Waals surface area contributed by atoms with Gasteiger partial charge in [-0.3, -0.25) is 19.1 Å². The van der Waals surface area contributed by atoms with Crippen molar-refractivity contribution in [2.45, 2.75) is 19.9 Å². The Kier molecular flexibility index (Phi) is 6.29. The fourth-order valence-electron chi connectivity index (χ4n) is 4.60. The predicted molar refractivity (Wildman–Crippen MR) is 152 cm³/mol. The SMILES string of the molecule is Cc1nn2cccnc2c1C(=O)N[C@H](C)c1nc2cccc(/C=C/c3cncs3)c2c(=O)n1-c1ccccc1. The first-order chi connectivity index (χ1) is 19.0. The van der Waals surface area contributed by atoms with Gasteiger partial charge in [-0.1, -0.05) is 36.4 Å². The lowest BCUT2D eigenvalue weighted by atomic mass is 10.1. The van der Waals surface area contributed by atoms with E-state index in [0.29, 0.717) is 39.3 Å². The molecule has 1 N–H and O–H groups in total. The summed E-state index contributed by atoms with van der Waals surface area (Å²) in [4.78, 5) is 41.9. The van der Waals surface area contributed by atoms with Crippen molar-refractivity contribution in [3.8, 4) is 5.69 Å². The summed E-state index contributed by atoms with van der Waals surface area (Å²) in [5, 5.41) is 7.90. The van der Waals surface area contributed by atoms with Crippen molar-refractivity contribution in [2.75, 3.05) is 0 Å². The highest BCUT2D eigenvalue weighted by atomic mass is 32.1. The maximum absolute atomic E-state index is 14.1. The number of hydrogen-bond donors (Lipinski definition) is 1. The molecule has 0 radical (unpaired) electrons. The van der Waals surface area contributed by atoms with Crippen molar-refractivity contribution in [3.05, 3.63) is 117 Å². The molecule has 0 bridgehead atoms. The molecular weight excluding hydrogens is 510 g/mol. The molecule has 1 amide bonds. The molecule has 39 heavy (non-hydrogen) atoms. The lowest BCUT2D eigenvalue weighted by Crippen LogP contribution is -2.33. The Labute approximate surface area is 227 Å². The molecule has 192 valence electrons. The van der Waals surface area contributed by atoms with Crippen molar-refractivity contribution in [2.24, 2.45) is 0 Å². The Bertz CT molecular complexity index is 1910. The normalized spacial score (nSPS) is 12.4. The van der Waals surface area contributed by atoms with Crippen molar-refractivity contribution < 1.29 is 4.79 Å². The average molecular weight is 534 g/mol. The minimum absolute atomic E-state index is 0.222. The minimum Gasteiger partial charge on any atom is -0.342 e. The summed E-state index contributed by atoms with van der Waals surface area (Å²) < 4.78 is 3.14.